The molecule has 7 nitrogen and oxygen atoms in total. The summed E-state index contributed by atoms with van der Waals surface area (Å²) in [4.78, 5) is 12.3. The van der Waals surface area contributed by atoms with Crippen LogP contribution in [0.4, 0.5) is 5.69 Å². The van der Waals surface area contributed by atoms with Gasteiger partial charge in [-0.3, -0.25) is 9.52 Å². The van der Waals surface area contributed by atoms with Gasteiger partial charge in [-0.2, -0.15) is 5.10 Å². The number of aromatic amines is 1. The van der Waals surface area contributed by atoms with Crippen LogP contribution in [0.25, 0.3) is 11.3 Å². The van der Waals surface area contributed by atoms with E-state index in [2.05, 4.69) is 14.9 Å². The van der Waals surface area contributed by atoms with Crippen molar-refractivity contribution in [3.05, 3.63) is 69.5 Å². The lowest BCUT2D eigenvalue weighted by Crippen LogP contribution is -2.21. The van der Waals surface area contributed by atoms with Crippen LogP contribution in [0.5, 0.6) is 5.75 Å². The van der Waals surface area contributed by atoms with Gasteiger partial charge in [-0.15, -0.1) is 0 Å². The molecule has 0 unspecified atom stereocenters. The van der Waals surface area contributed by atoms with Gasteiger partial charge in [0.05, 0.1) is 17.2 Å². The minimum atomic E-state index is -3.82. The van der Waals surface area contributed by atoms with Gasteiger partial charge >= 0.3 is 0 Å². The van der Waals surface area contributed by atoms with Gasteiger partial charge in [0.15, 0.2) is 0 Å². The van der Waals surface area contributed by atoms with Gasteiger partial charge in [-0.25, -0.2) is 13.5 Å². The van der Waals surface area contributed by atoms with Gasteiger partial charge in [0, 0.05) is 16.8 Å². The number of nitrogens with zero attached hydrogens (tertiary/aromatic N) is 1. The molecule has 0 bridgehead atoms. The number of aromatic nitrogens is 2. The lowest BCUT2D eigenvalue weighted by Gasteiger charge is -2.18. The van der Waals surface area contributed by atoms with E-state index in [-0.39, 0.29) is 10.5 Å². The van der Waals surface area contributed by atoms with Gasteiger partial charge in [0.25, 0.3) is 15.6 Å². The summed E-state index contributed by atoms with van der Waals surface area (Å²) in [5.74, 6) is 0.678. The highest BCUT2D eigenvalue weighted by Crippen LogP contribution is 2.31. The number of benzene rings is 2. The lowest BCUT2D eigenvalue weighted by atomic mass is 9.90. The number of hydrogen-bond acceptors (Lipinski definition) is 5. The Morgan fingerprint density at radius 1 is 1.06 bits per heavy atom. The number of ether oxygens (including phenoxy) is 1. The van der Waals surface area contributed by atoms with Crippen molar-refractivity contribution in [2.24, 2.45) is 0 Å². The van der Waals surface area contributed by atoms with Crippen LogP contribution in [-0.2, 0) is 22.9 Å². The van der Waals surface area contributed by atoms with E-state index in [0.717, 1.165) is 36.8 Å². The molecule has 2 aromatic carbocycles. The number of sulfonamides is 1. The Morgan fingerprint density at radius 3 is 2.48 bits per heavy atom. The van der Waals surface area contributed by atoms with Gasteiger partial charge in [-0.05, 0) is 81.0 Å². The molecule has 1 aromatic heterocycles. The minimum Gasteiger partial charge on any atom is -0.494 e. The van der Waals surface area contributed by atoms with Crippen molar-refractivity contribution in [3.8, 4) is 17.0 Å². The van der Waals surface area contributed by atoms with Crippen molar-refractivity contribution < 1.29 is 13.2 Å². The largest absolute Gasteiger partial charge is 0.494 e. The van der Waals surface area contributed by atoms with E-state index >= 15 is 0 Å². The zero-order valence-corrected chi connectivity index (χ0v) is 18.4. The fraction of sp³-hybridized carbons (Fsp3) is 0.304. The van der Waals surface area contributed by atoms with Crippen molar-refractivity contribution in [1.82, 2.24) is 10.2 Å². The Kier molecular flexibility index (Phi) is 5.82. The molecule has 0 saturated heterocycles. The molecule has 4 rings (SSSR count). The first-order valence-electron chi connectivity index (χ1n) is 10.4. The first-order valence-corrected chi connectivity index (χ1v) is 11.8. The molecule has 0 saturated carbocycles. The zero-order chi connectivity index (χ0) is 22.0. The molecule has 0 fully saturated rings. The summed E-state index contributed by atoms with van der Waals surface area (Å²) in [6.45, 7) is 4.19. The third-order valence-corrected chi connectivity index (χ3v) is 6.99. The number of H-pyrrole nitrogens is 1. The van der Waals surface area contributed by atoms with Gasteiger partial charge < -0.3 is 4.74 Å². The summed E-state index contributed by atoms with van der Waals surface area (Å²) in [6.07, 6.45) is 3.44. The number of nitrogens with one attached hydrogen (secondary N) is 2. The van der Waals surface area contributed by atoms with Crippen LogP contribution in [0.3, 0.4) is 0 Å². The predicted molar refractivity (Wildman–Crippen MR) is 120 cm³/mol. The molecule has 0 spiro atoms. The second kappa shape index (κ2) is 8.55. The van der Waals surface area contributed by atoms with Crippen LogP contribution in [0, 0.1) is 6.92 Å². The molecule has 0 aliphatic heterocycles. The maximum absolute atomic E-state index is 13.1. The Hall–Kier alpha value is -3.13. The fourth-order valence-electron chi connectivity index (χ4n) is 3.93. The minimum absolute atomic E-state index is 0.157. The molecule has 1 aliphatic rings. The molecular formula is C23H25N3O4S. The topological polar surface area (TPSA) is 101 Å². The third-order valence-electron chi connectivity index (χ3n) is 5.47. The first kappa shape index (κ1) is 21.1. The summed E-state index contributed by atoms with van der Waals surface area (Å²) in [7, 11) is -3.82. The average molecular weight is 440 g/mol. The van der Waals surface area contributed by atoms with Crippen LogP contribution < -0.4 is 15.0 Å². The summed E-state index contributed by atoms with van der Waals surface area (Å²) in [5, 5.41) is 6.83. The predicted octanol–water partition coefficient (Wildman–Crippen LogP) is 3.82. The van der Waals surface area contributed by atoms with Crippen molar-refractivity contribution in [2.75, 3.05) is 11.3 Å². The normalized spacial score (nSPS) is 13.5. The molecule has 0 amide bonds. The van der Waals surface area contributed by atoms with Crippen molar-refractivity contribution >= 4 is 15.7 Å². The number of hydrogen-bond donors (Lipinski definition) is 2. The quantitative estimate of drug-likeness (QED) is 0.608. The summed E-state index contributed by atoms with van der Waals surface area (Å²) < 4.78 is 34.3. The van der Waals surface area contributed by atoms with Crippen LogP contribution in [-0.4, -0.2) is 25.2 Å². The molecule has 31 heavy (non-hydrogen) atoms. The van der Waals surface area contributed by atoms with E-state index in [1.54, 1.807) is 43.3 Å². The molecule has 3 aromatic rings. The van der Waals surface area contributed by atoms with Gasteiger partial charge in [0.1, 0.15) is 5.75 Å². The Morgan fingerprint density at radius 2 is 1.77 bits per heavy atom. The molecule has 8 heteroatoms. The SMILES string of the molecule is CCOc1ccc(NS(=O)(=O)c2cc(-c3n[nH]c(=O)c4c3CCCC4)ccc2C)cc1. The highest BCUT2D eigenvalue weighted by atomic mass is 32.2. The summed E-state index contributed by atoms with van der Waals surface area (Å²) >= 11 is 0. The summed E-state index contributed by atoms with van der Waals surface area (Å²) in [5.41, 5.74) is 3.91. The third kappa shape index (κ3) is 4.34. The summed E-state index contributed by atoms with van der Waals surface area (Å²) in [6, 6.07) is 12.0. The monoisotopic (exact) mass is 439 g/mol. The Labute approximate surface area is 181 Å². The molecule has 0 atom stereocenters. The maximum atomic E-state index is 13.1. The first-order chi connectivity index (χ1) is 14.9. The van der Waals surface area contributed by atoms with E-state index in [0.29, 0.717) is 34.9 Å². The van der Waals surface area contributed by atoms with Crippen molar-refractivity contribution in [3.63, 3.8) is 0 Å². The fourth-order valence-corrected chi connectivity index (χ4v) is 5.26. The lowest BCUT2D eigenvalue weighted by molar-refractivity contribution is 0.340. The molecule has 0 radical (unpaired) electrons. The second-order valence-electron chi connectivity index (χ2n) is 7.61. The molecule has 1 heterocycles. The number of rotatable bonds is 6. The van der Waals surface area contributed by atoms with E-state index in [1.807, 2.05) is 13.0 Å². The highest BCUT2D eigenvalue weighted by Gasteiger charge is 2.22. The number of anilines is 1. The van der Waals surface area contributed by atoms with Gasteiger partial charge in [0.2, 0.25) is 0 Å². The average Bonchev–Trinajstić information content (AvgIpc) is 2.76. The van der Waals surface area contributed by atoms with Crippen LogP contribution in [0.1, 0.15) is 36.5 Å². The maximum Gasteiger partial charge on any atom is 0.267 e. The van der Waals surface area contributed by atoms with Crippen LogP contribution >= 0.6 is 0 Å². The van der Waals surface area contributed by atoms with E-state index in [9.17, 15) is 13.2 Å². The standard InChI is InChI=1S/C23H25N3O4S/c1-3-30-18-12-10-17(11-13-18)26-31(28,29)21-14-16(9-8-15(21)2)22-19-6-4-5-7-20(19)23(27)25-24-22/h8-14,26H,3-7H2,1-2H3,(H,25,27). The number of fused-ring (bicyclic) bond motifs is 1. The van der Waals surface area contributed by atoms with Crippen molar-refractivity contribution in [1.29, 1.82) is 0 Å². The van der Waals surface area contributed by atoms with E-state index in [4.69, 9.17) is 4.74 Å². The number of aryl methyl sites for hydroxylation is 1. The van der Waals surface area contributed by atoms with E-state index in [1.165, 1.54) is 0 Å². The smallest absolute Gasteiger partial charge is 0.267 e. The van der Waals surface area contributed by atoms with Crippen molar-refractivity contribution in [2.45, 2.75) is 44.4 Å². The van der Waals surface area contributed by atoms with Crippen LogP contribution in [0.2, 0.25) is 0 Å². The van der Waals surface area contributed by atoms with Gasteiger partial charge in [-0.1, -0.05) is 12.1 Å². The molecule has 2 N–H and O–H groups in total. The van der Waals surface area contributed by atoms with Crippen LogP contribution in [0.15, 0.2) is 52.2 Å². The molecule has 1 aliphatic carbocycles. The molecular weight excluding hydrogens is 414 g/mol. The Bertz CT molecular complexity index is 1260. The highest BCUT2D eigenvalue weighted by molar-refractivity contribution is 7.92. The zero-order valence-electron chi connectivity index (χ0n) is 17.6. The van der Waals surface area contributed by atoms with E-state index < -0.39 is 10.0 Å². The Balaban J connectivity index is 1.70. The molecule has 162 valence electrons. The second-order valence-corrected chi connectivity index (χ2v) is 9.26.